The molecule has 4 rings (SSSR count). The van der Waals surface area contributed by atoms with Gasteiger partial charge in [-0.05, 0) is 24.5 Å². The second kappa shape index (κ2) is 8.50. The number of rotatable bonds is 6. The first-order valence-electron chi connectivity index (χ1n) is 10.5. The van der Waals surface area contributed by atoms with Crippen LogP contribution in [0.1, 0.15) is 60.0 Å². The van der Waals surface area contributed by atoms with E-state index in [9.17, 15) is 4.79 Å². The van der Waals surface area contributed by atoms with E-state index in [2.05, 4.69) is 29.3 Å². The molecule has 1 aromatic carbocycles. The Morgan fingerprint density at radius 2 is 1.86 bits per heavy atom. The molecule has 0 atom stereocenters. The van der Waals surface area contributed by atoms with Gasteiger partial charge in [0.15, 0.2) is 5.76 Å². The molecule has 1 saturated carbocycles. The average molecular weight is 383 g/mol. The van der Waals surface area contributed by atoms with Gasteiger partial charge in [0.2, 0.25) is 0 Å². The van der Waals surface area contributed by atoms with Crippen LogP contribution in [0.3, 0.4) is 0 Å². The van der Waals surface area contributed by atoms with E-state index < -0.39 is 0 Å². The zero-order chi connectivity index (χ0) is 19.4. The Bertz CT molecular complexity index is 787. The summed E-state index contributed by atoms with van der Waals surface area (Å²) < 4.78 is 11.4. The van der Waals surface area contributed by atoms with E-state index in [1.807, 2.05) is 24.3 Å². The minimum absolute atomic E-state index is 0.103. The summed E-state index contributed by atoms with van der Waals surface area (Å²) in [6.45, 7) is 6.28. The SMILES string of the molecule is CCc1oc(C(=O)NC2(c3ccccc3)CCCC2)cc1CN1CCOCC1. The molecule has 1 N–H and O–H groups in total. The summed E-state index contributed by atoms with van der Waals surface area (Å²) in [5, 5.41) is 3.33. The fourth-order valence-corrected chi connectivity index (χ4v) is 4.51. The maximum Gasteiger partial charge on any atom is 0.287 e. The number of nitrogens with one attached hydrogen (secondary N) is 1. The van der Waals surface area contributed by atoms with Gasteiger partial charge in [-0.25, -0.2) is 0 Å². The highest BCUT2D eigenvalue weighted by Gasteiger charge is 2.37. The summed E-state index contributed by atoms with van der Waals surface area (Å²) in [4.78, 5) is 15.5. The molecule has 2 aliphatic rings. The lowest BCUT2D eigenvalue weighted by Crippen LogP contribution is -2.43. The summed E-state index contributed by atoms with van der Waals surface area (Å²) >= 11 is 0. The molecule has 0 unspecified atom stereocenters. The first-order valence-corrected chi connectivity index (χ1v) is 10.5. The van der Waals surface area contributed by atoms with Crippen molar-refractivity contribution in [2.24, 2.45) is 0 Å². The Balaban J connectivity index is 1.52. The third-order valence-electron chi connectivity index (χ3n) is 6.08. The fraction of sp³-hybridized carbons (Fsp3) is 0.522. The molecule has 0 spiro atoms. The number of aryl methyl sites for hydroxylation is 1. The number of carbonyl (C=O) groups is 1. The van der Waals surface area contributed by atoms with Crippen LogP contribution in [0.25, 0.3) is 0 Å². The minimum atomic E-state index is -0.276. The van der Waals surface area contributed by atoms with Crippen molar-refractivity contribution in [3.05, 3.63) is 59.0 Å². The van der Waals surface area contributed by atoms with Gasteiger partial charge in [0.25, 0.3) is 5.91 Å². The number of hydrogen-bond donors (Lipinski definition) is 1. The number of furan rings is 1. The van der Waals surface area contributed by atoms with Crippen LogP contribution in [0, 0.1) is 0 Å². The van der Waals surface area contributed by atoms with Crippen molar-refractivity contribution in [2.75, 3.05) is 26.3 Å². The summed E-state index contributed by atoms with van der Waals surface area (Å²) in [5.41, 5.74) is 2.04. The largest absolute Gasteiger partial charge is 0.456 e. The zero-order valence-electron chi connectivity index (χ0n) is 16.7. The molecule has 2 aromatic rings. The van der Waals surface area contributed by atoms with Gasteiger partial charge in [-0.3, -0.25) is 9.69 Å². The van der Waals surface area contributed by atoms with Gasteiger partial charge in [-0.15, -0.1) is 0 Å². The van der Waals surface area contributed by atoms with Gasteiger partial charge < -0.3 is 14.5 Å². The number of nitrogens with zero attached hydrogens (tertiary/aromatic N) is 1. The van der Waals surface area contributed by atoms with E-state index in [-0.39, 0.29) is 11.4 Å². The molecule has 2 heterocycles. The van der Waals surface area contributed by atoms with Crippen molar-refractivity contribution >= 4 is 5.91 Å². The third kappa shape index (κ3) is 4.01. The van der Waals surface area contributed by atoms with Crippen LogP contribution in [0.15, 0.2) is 40.8 Å². The molecular weight excluding hydrogens is 352 g/mol. The van der Waals surface area contributed by atoms with Crippen molar-refractivity contribution in [1.82, 2.24) is 10.2 Å². The summed E-state index contributed by atoms with van der Waals surface area (Å²) in [7, 11) is 0. The number of carbonyl (C=O) groups excluding carboxylic acids is 1. The lowest BCUT2D eigenvalue weighted by molar-refractivity contribution is 0.0339. The van der Waals surface area contributed by atoms with E-state index in [0.29, 0.717) is 5.76 Å². The summed E-state index contributed by atoms with van der Waals surface area (Å²) in [6.07, 6.45) is 5.01. The lowest BCUT2D eigenvalue weighted by Gasteiger charge is -2.30. The van der Waals surface area contributed by atoms with Gasteiger partial charge in [0, 0.05) is 31.6 Å². The highest BCUT2D eigenvalue weighted by atomic mass is 16.5. The van der Waals surface area contributed by atoms with Crippen molar-refractivity contribution in [3.8, 4) is 0 Å². The number of morpholine rings is 1. The van der Waals surface area contributed by atoms with Crippen LogP contribution >= 0.6 is 0 Å². The summed E-state index contributed by atoms with van der Waals surface area (Å²) in [6, 6.07) is 12.3. The van der Waals surface area contributed by atoms with Gasteiger partial charge in [-0.1, -0.05) is 50.1 Å². The van der Waals surface area contributed by atoms with Crippen molar-refractivity contribution in [3.63, 3.8) is 0 Å². The number of hydrogen-bond acceptors (Lipinski definition) is 4. The van der Waals surface area contributed by atoms with E-state index in [4.69, 9.17) is 9.15 Å². The summed E-state index contributed by atoms with van der Waals surface area (Å²) in [5.74, 6) is 1.24. The molecule has 5 nitrogen and oxygen atoms in total. The Labute approximate surface area is 167 Å². The minimum Gasteiger partial charge on any atom is -0.456 e. The first-order chi connectivity index (χ1) is 13.7. The van der Waals surface area contributed by atoms with E-state index >= 15 is 0 Å². The van der Waals surface area contributed by atoms with Crippen LogP contribution in [-0.4, -0.2) is 37.1 Å². The Kier molecular flexibility index (Phi) is 5.83. The molecule has 0 bridgehead atoms. The molecule has 1 aliphatic heterocycles. The molecule has 2 fully saturated rings. The smallest absolute Gasteiger partial charge is 0.287 e. The molecule has 150 valence electrons. The fourth-order valence-electron chi connectivity index (χ4n) is 4.51. The van der Waals surface area contributed by atoms with Gasteiger partial charge in [0.05, 0.1) is 18.8 Å². The van der Waals surface area contributed by atoms with Crippen molar-refractivity contribution < 1.29 is 13.9 Å². The second-order valence-corrected chi connectivity index (χ2v) is 7.91. The number of benzene rings is 1. The highest BCUT2D eigenvalue weighted by molar-refractivity contribution is 5.92. The standard InChI is InChI=1S/C23H30N2O3/c1-2-20-18(17-25-12-14-27-15-13-25)16-21(28-20)22(26)24-23(10-6-7-11-23)19-8-4-3-5-9-19/h3-5,8-9,16H,2,6-7,10-15,17H2,1H3,(H,24,26). The molecular formula is C23H30N2O3. The second-order valence-electron chi connectivity index (χ2n) is 7.91. The van der Waals surface area contributed by atoms with Crippen LogP contribution in [-0.2, 0) is 23.2 Å². The average Bonchev–Trinajstić information content (AvgIpc) is 3.37. The van der Waals surface area contributed by atoms with Crippen LogP contribution in [0.4, 0.5) is 0 Å². The Morgan fingerprint density at radius 1 is 1.14 bits per heavy atom. The van der Waals surface area contributed by atoms with Crippen LogP contribution in [0.5, 0.6) is 0 Å². The molecule has 1 saturated heterocycles. The molecule has 0 radical (unpaired) electrons. The zero-order valence-corrected chi connectivity index (χ0v) is 16.7. The first kappa shape index (κ1) is 19.2. The predicted octanol–water partition coefficient (Wildman–Crippen LogP) is 3.87. The van der Waals surface area contributed by atoms with Crippen LogP contribution < -0.4 is 5.32 Å². The Hall–Kier alpha value is -2.11. The molecule has 28 heavy (non-hydrogen) atoms. The normalized spacial score (nSPS) is 19.6. The van der Waals surface area contributed by atoms with E-state index in [1.54, 1.807) is 0 Å². The van der Waals surface area contributed by atoms with Crippen LogP contribution in [0.2, 0.25) is 0 Å². The van der Waals surface area contributed by atoms with Gasteiger partial charge >= 0.3 is 0 Å². The Morgan fingerprint density at radius 3 is 2.54 bits per heavy atom. The maximum absolute atomic E-state index is 13.1. The molecule has 1 aliphatic carbocycles. The quantitative estimate of drug-likeness (QED) is 0.824. The third-order valence-corrected chi connectivity index (χ3v) is 6.08. The number of ether oxygens (including phenoxy) is 1. The predicted molar refractivity (Wildman–Crippen MR) is 108 cm³/mol. The van der Waals surface area contributed by atoms with Crippen molar-refractivity contribution in [1.29, 1.82) is 0 Å². The van der Waals surface area contributed by atoms with Crippen molar-refractivity contribution in [2.45, 2.75) is 51.1 Å². The maximum atomic E-state index is 13.1. The molecule has 1 aromatic heterocycles. The van der Waals surface area contributed by atoms with E-state index in [0.717, 1.165) is 76.3 Å². The van der Waals surface area contributed by atoms with E-state index in [1.165, 1.54) is 5.56 Å². The molecule has 5 heteroatoms. The highest BCUT2D eigenvalue weighted by Crippen LogP contribution is 2.39. The topological polar surface area (TPSA) is 54.7 Å². The molecule has 1 amide bonds. The number of amides is 1. The van der Waals surface area contributed by atoms with Gasteiger partial charge in [-0.2, -0.15) is 0 Å². The van der Waals surface area contributed by atoms with Gasteiger partial charge in [0.1, 0.15) is 5.76 Å². The lowest BCUT2D eigenvalue weighted by atomic mass is 9.88. The monoisotopic (exact) mass is 382 g/mol.